The van der Waals surface area contributed by atoms with E-state index in [4.69, 9.17) is 5.73 Å². The average Bonchev–Trinajstić information content (AvgIpc) is 2.61. The number of rotatable bonds is 3. The smallest absolute Gasteiger partial charge is 0.243 e. The summed E-state index contributed by atoms with van der Waals surface area (Å²) >= 11 is 0. The van der Waals surface area contributed by atoms with Crippen LogP contribution in [0.25, 0.3) is 0 Å². The Morgan fingerprint density at radius 3 is 2.63 bits per heavy atom. The van der Waals surface area contributed by atoms with Crippen LogP contribution in [0, 0.1) is 5.82 Å². The predicted molar refractivity (Wildman–Crippen MR) is 68.2 cm³/mol. The Morgan fingerprint density at radius 2 is 2.05 bits per heavy atom. The van der Waals surface area contributed by atoms with Crippen molar-refractivity contribution in [1.29, 1.82) is 0 Å². The second-order valence-electron chi connectivity index (χ2n) is 4.37. The monoisotopic (exact) mass is 308 g/mol. The SMILES string of the molecule is Nc1c(F)cccc1S(=O)(=O)NC1CCS(=O)(=O)C1. The topological polar surface area (TPSA) is 106 Å². The highest BCUT2D eigenvalue weighted by atomic mass is 32.2. The molecule has 1 aromatic carbocycles. The zero-order valence-electron chi connectivity index (χ0n) is 9.84. The van der Waals surface area contributed by atoms with E-state index in [1.165, 1.54) is 12.1 Å². The van der Waals surface area contributed by atoms with Gasteiger partial charge in [0.15, 0.2) is 9.84 Å². The molecule has 6 nitrogen and oxygen atoms in total. The number of nitrogens with two attached hydrogens (primary N) is 1. The fourth-order valence-corrected chi connectivity index (χ4v) is 5.11. The van der Waals surface area contributed by atoms with Crippen molar-refractivity contribution in [2.75, 3.05) is 17.2 Å². The Labute approximate surface area is 110 Å². The third kappa shape index (κ3) is 3.04. The molecule has 0 aromatic heterocycles. The van der Waals surface area contributed by atoms with E-state index in [1.54, 1.807) is 0 Å². The lowest BCUT2D eigenvalue weighted by Gasteiger charge is -2.13. The van der Waals surface area contributed by atoms with Crippen LogP contribution in [0.5, 0.6) is 0 Å². The van der Waals surface area contributed by atoms with Gasteiger partial charge in [0.05, 0.1) is 17.2 Å². The van der Waals surface area contributed by atoms with Gasteiger partial charge in [0, 0.05) is 6.04 Å². The first-order valence-corrected chi connectivity index (χ1v) is 8.78. The standard InChI is InChI=1S/C10H13FN2O4S2/c11-8-2-1-3-9(10(8)12)19(16,17)13-7-4-5-18(14,15)6-7/h1-3,7,13H,4-6,12H2. The first-order chi connectivity index (χ1) is 8.71. The van der Waals surface area contributed by atoms with Gasteiger partial charge in [0.25, 0.3) is 0 Å². The highest BCUT2D eigenvalue weighted by molar-refractivity contribution is 7.92. The molecular weight excluding hydrogens is 295 g/mol. The Morgan fingerprint density at radius 1 is 1.37 bits per heavy atom. The van der Waals surface area contributed by atoms with Crippen molar-refractivity contribution in [2.24, 2.45) is 0 Å². The second-order valence-corrected chi connectivity index (χ2v) is 8.28. The van der Waals surface area contributed by atoms with Gasteiger partial charge in [-0.1, -0.05) is 6.07 Å². The molecule has 1 unspecified atom stereocenters. The minimum Gasteiger partial charge on any atom is -0.395 e. The van der Waals surface area contributed by atoms with Gasteiger partial charge in [-0.2, -0.15) is 0 Å². The molecule has 1 atom stereocenters. The number of nitrogen functional groups attached to an aromatic ring is 1. The molecule has 2 rings (SSSR count). The number of hydrogen-bond acceptors (Lipinski definition) is 5. The van der Waals surface area contributed by atoms with Crippen LogP contribution in [0.4, 0.5) is 10.1 Å². The molecule has 1 saturated heterocycles. The van der Waals surface area contributed by atoms with Crippen LogP contribution >= 0.6 is 0 Å². The Hall–Kier alpha value is -1.19. The molecule has 19 heavy (non-hydrogen) atoms. The number of anilines is 1. The molecule has 0 amide bonds. The third-order valence-electron chi connectivity index (χ3n) is 2.86. The average molecular weight is 308 g/mol. The van der Waals surface area contributed by atoms with Crippen molar-refractivity contribution in [2.45, 2.75) is 17.4 Å². The second kappa shape index (κ2) is 4.73. The molecular formula is C10H13FN2O4S2. The van der Waals surface area contributed by atoms with Gasteiger partial charge in [-0.05, 0) is 18.6 Å². The van der Waals surface area contributed by atoms with Gasteiger partial charge in [0.2, 0.25) is 10.0 Å². The van der Waals surface area contributed by atoms with Crippen LogP contribution in [-0.4, -0.2) is 34.4 Å². The van der Waals surface area contributed by atoms with Gasteiger partial charge in [-0.25, -0.2) is 25.9 Å². The molecule has 1 fully saturated rings. The number of sulfone groups is 1. The minimum atomic E-state index is -4.03. The largest absolute Gasteiger partial charge is 0.395 e. The van der Waals surface area contributed by atoms with E-state index >= 15 is 0 Å². The quantitative estimate of drug-likeness (QED) is 0.757. The Bertz CT molecular complexity index is 700. The normalized spacial score (nSPS) is 22.5. The Kier molecular flexibility index (Phi) is 3.54. The summed E-state index contributed by atoms with van der Waals surface area (Å²) in [5.41, 5.74) is 4.91. The molecule has 9 heteroatoms. The summed E-state index contributed by atoms with van der Waals surface area (Å²) in [5.74, 6) is -1.14. The maximum absolute atomic E-state index is 13.2. The summed E-state index contributed by atoms with van der Waals surface area (Å²) in [6.07, 6.45) is 0.205. The lowest BCUT2D eigenvalue weighted by molar-refractivity contribution is 0.561. The van der Waals surface area contributed by atoms with E-state index in [1.807, 2.05) is 0 Å². The molecule has 106 valence electrons. The van der Waals surface area contributed by atoms with Crippen LogP contribution in [-0.2, 0) is 19.9 Å². The number of benzene rings is 1. The van der Waals surface area contributed by atoms with E-state index in [2.05, 4.69) is 4.72 Å². The molecule has 0 saturated carbocycles. The van der Waals surface area contributed by atoms with Gasteiger partial charge in [0.1, 0.15) is 10.7 Å². The van der Waals surface area contributed by atoms with Crippen LogP contribution < -0.4 is 10.5 Å². The fraction of sp³-hybridized carbons (Fsp3) is 0.400. The predicted octanol–water partition coefficient (Wildman–Crippen LogP) is -0.127. The molecule has 1 heterocycles. The van der Waals surface area contributed by atoms with Crippen molar-refractivity contribution in [3.05, 3.63) is 24.0 Å². The molecule has 1 aliphatic heterocycles. The minimum absolute atomic E-state index is 0.0567. The van der Waals surface area contributed by atoms with E-state index in [-0.39, 0.29) is 22.8 Å². The van der Waals surface area contributed by atoms with Crippen LogP contribution in [0.3, 0.4) is 0 Å². The fourth-order valence-electron chi connectivity index (χ4n) is 1.92. The molecule has 1 aliphatic rings. The summed E-state index contributed by atoms with van der Waals surface area (Å²) in [6.45, 7) is 0. The summed E-state index contributed by atoms with van der Waals surface area (Å²) in [5, 5.41) is 0. The summed E-state index contributed by atoms with van der Waals surface area (Å²) < 4.78 is 62.0. The third-order valence-corrected chi connectivity index (χ3v) is 6.20. The number of para-hydroxylation sites is 1. The van der Waals surface area contributed by atoms with E-state index in [0.29, 0.717) is 0 Å². The van der Waals surface area contributed by atoms with Gasteiger partial charge in [-0.3, -0.25) is 0 Å². The van der Waals surface area contributed by atoms with Gasteiger partial charge < -0.3 is 5.73 Å². The maximum Gasteiger partial charge on any atom is 0.243 e. The van der Waals surface area contributed by atoms with Crippen molar-refractivity contribution in [1.82, 2.24) is 4.72 Å². The van der Waals surface area contributed by atoms with Gasteiger partial charge in [-0.15, -0.1) is 0 Å². The molecule has 0 spiro atoms. The molecule has 0 radical (unpaired) electrons. The van der Waals surface area contributed by atoms with Crippen LogP contribution in [0.15, 0.2) is 23.1 Å². The molecule has 1 aromatic rings. The lowest BCUT2D eigenvalue weighted by Crippen LogP contribution is -2.36. The zero-order valence-corrected chi connectivity index (χ0v) is 11.5. The number of hydrogen-bond donors (Lipinski definition) is 2. The summed E-state index contributed by atoms with van der Waals surface area (Å²) in [6, 6.07) is 2.75. The van der Waals surface area contributed by atoms with Crippen LogP contribution in [0.2, 0.25) is 0 Å². The molecule has 0 aliphatic carbocycles. The number of sulfonamides is 1. The molecule has 0 bridgehead atoms. The van der Waals surface area contributed by atoms with E-state index in [9.17, 15) is 21.2 Å². The Balaban J connectivity index is 2.27. The van der Waals surface area contributed by atoms with Crippen LogP contribution in [0.1, 0.15) is 6.42 Å². The van der Waals surface area contributed by atoms with Crippen molar-refractivity contribution >= 4 is 25.5 Å². The van der Waals surface area contributed by atoms with E-state index < -0.39 is 37.4 Å². The highest BCUT2D eigenvalue weighted by Crippen LogP contribution is 2.22. The number of halogens is 1. The van der Waals surface area contributed by atoms with E-state index in [0.717, 1.165) is 6.07 Å². The van der Waals surface area contributed by atoms with Crippen molar-refractivity contribution in [3.63, 3.8) is 0 Å². The lowest BCUT2D eigenvalue weighted by atomic mass is 10.3. The van der Waals surface area contributed by atoms with Crippen molar-refractivity contribution in [3.8, 4) is 0 Å². The first kappa shape index (κ1) is 14.2. The number of nitrogens with one attached hydrogen (secondary N) is 1. The first-order valence-electron chi connectivity index (χ1n) is 5.48. The summed E-state index contributed by atoms with van der Waals surface area (Å²) in [7, 11) is -7.23. The summed E-state index contributed by atoms with van der Waals surface area (Å²) in [4.78, 5) is -0.378. The molecule has 3 N–H and O–H groups in total. The van der Waals surface area contributed by atoms with Crippen molar-refractivity contribution < 1.29 is 21.2 Å². The highest BCUT2D eigenvalue weighted by Gasteiger charge is 2.32. The van der Waals surface area contributed by atoms with Gasteiger partial charge >= 0.3 is 0 Å². The maximum atomic E-state index is 13.2. The zero-order chi connectivity index (χ0) is 14.3.